The molecule has 2 aromatic rings. The molecule has 0 saturated heterocycles. The van der Waals surface area contributed by atoms with E-state index in [0.29, 0.717) is 17.2 Å². The number of anilines is 1. The number of nitrogen functional groups attached to an aromatic ring is 1. The molecule has 1 heterocycles. The second-order valence-corrected chi connectivity index (χ2v) is 4.15. The van der Waals surface area contributed by atoms with Gasteiger partial charge in [-0.2, -0.15) is 0 Å². The number of halogens is 2. The number of nitrogens with two attached hydrogens (primary N) is 1. The number of hydrogen-bond acceptors (Lipinski definition) is 3. The monoisotopic (exact) mass is 249 g/mol. The molecule has 5 heteroatoms. The summed E-state index contributed by atoms with van der Waals surface area (Å²) in [5.41, 5.74) is 7.66. The van der Waals surface area contributed by atoms with E-state index >= 15 is 0 Å². The van der Waals surface area contributed by atoms with Crippen molar-refractivity contribution in [3.63, 3.8) is 0 Å². The summed E-state index contributed by atoms with van der Waals surface area (Å²) in [5, 5.41) is 0. The van der Waals surface area contributed by atoms with Gasteiger partial charge in [0.25, 0.3) is 0 Å². The summed E-state index contributed by atoms with van der Waals surface area (Å²) in [5.74, 6) is -0.381. The zero-order valence-corrected chi connectivity index (χ0v) is 10.2. The molecule has 0 aliphatic carbocycles. The lowest BCUT2D eigenvalue weighted by Crippen LogP contribution is -2.06. The fraction of sp³-hybridized carbons (Fsp3) is 0.231. The van der Waals surface area contributed by atoms with Crippen molar-refractivity contribution in [3.8, 4) is 0 Å². The van der Waals surface area contributed by atoms with Gasteiger partial charge in [-0.3, -0.25) is 0 Å². The molecule has 2 N–H and O–H groups in total. The molecule has 1 aromatic heterocycles. The van der Waals surface area contributed by atoms with Gasteiger partial charge < -0.3 is 5.73 Å². The Balaban J connectivity index is 2.34. The number of benzene rings is 1. The van der Waals surface area contributed by atoms with E-state index in [1.54, 1.807) is 0 Å². The van der Waals surface area contributed by atoms with E-state index in [1.165, 1.54) is 12.1 Å². The van der Waals surface area contributed by atoms with Crippen LogP contribution in [0.2, 0.25) is 0 Å². The normalized spacial score (nSPS) is 10.7. The molecule has 2 rings (SSSR count). The fourth-order valence-electron chi connectivity index (χ4n) is 1.63. The Morgan fingerprint density at radius 2 is 1.89 bits per heavy atom. The third kappa shape index (κ3) is 2.45. The molecule has 0 atom stereocenters. The van der Waals surface area contributed by atoms with Gasteiger partial charge in [-0.15, -0.1) is 0 Å². The summed E-state index contributed by atoms with van der Waals surface area (Å²) in [6.07, 6.45) is 0.192. The van der Waals surface area contributed by atoms with Gasteiger partial charge in [-0.1, -0.05) is 6.07 Å². The quantitative estimate of drug-likeness (QED) is 0.889. The minimum atomic E-state index is -0.601. The van der Waals surface area contributed by atoms with Crippen LogP contribution >= 0.6 is 0 Å². The van der Waals surface area contributed by atoms with Crippen LogP contribution in [0, 0.1) is 25.5 Å². The number of rotatable bonds is 2. The summed E-state index contributed by atoms with van der Waals surface area (Å²) < 4.78 is 26.3. The van der Waals surface area contributed by atoms with Gasteiger partial charge in [0.2, 0.25) is 0 Å². The van der Waals surface area contributed by atoms with Crippen molar-refractivity contribution in [3.05, 3.63) is 52.5 Å². The standard InChI is InChI=1S/C13H13F2N3/c1-7-8(2)17-12(18-13(7)16)5-9-3-4-10(14)6-11(9)15/h3-4,6H,5H2,1-2H3,(H2,16,17,18). The summed E-state index contributed by atoms with van der Waals surface area (Å²) in [6, 6.07) is 3.45. The zero-order chi connectivity index (χ0) is 13.3. The maximum Gasteiger partial charge on any atom is 0.135 e. The van der Waals surface area contributed by atoms with Gasteiger partial charge in [0.15, 0.2) is 0 Å². The van der Waals surface area contributed by atoms with Crippen LogP contribution in [0.25, 0.3) is 0 Å². The highest BCUT2D eigenvalue weighted by Gasteiger charge is 2.09. The lowest BCUT2D eigenvalue weighted by Gasteiger charge is -2.07. The second-order valence-electron chi connectivity index (χ2n) is 4.15. The minimum absolute atomic E-state index is 0.192. The van der Waals surface area contributed by atoms with Gasteiger partial charge in [0, 0.05) is 23.7 Å². The van der Waals surface area contributed by atoms with Crippen molar-refractivity contribution in [2.45, 2.75) is 20.3 Å². The number of aromatic nitrogens is 2. The van der Waals surface area contributed by atoms with Crippen molar-refractivity contribution in [1.82, 2.24) is 9.97 Å². The highest BCUT2D eigenvalue weighted by Crippen LogP contribution is 2.16. The molecule has 0 unspecified atom stereocenters. The van der Waals surface area contributed by atoms with Crippen LogP contribution in [0.1, 0.15) is 22.6 Å². The summed E-state index contributed by atoms with van der Waals surface area (Å²) >= 11 is 0. The maximum absolute atomic E-state index is 13.5. The van der Waals surface area contributed by atoms with Gasteiger partial charge >= 0.3 is 0 Å². The average Bonchev–Trinajstić information content (AvgIpc) is 2.29. The first-order valence-electron chi connectivity index (χ1n) is 5.51. The molecule has 0 bridgehead atoms. The van der Waals surface area contributed by atoms with E-state index in [4.69, 9.17) is 5.73 Å². The summed E-state index contributed by atoms with van der Waals surface area (Å²) in [6.45, 7) is 3.64. The lowest BCUT2D eigenvalue weighted by atomic mass is 10.1. The molecule has 0 amide bonds. The number of nitrogens with zero attached hydrogens (tertiary/aromatic N) is 2. The molecular weight excluding hydrogens is 236 g/mol. The lowest BCUT2D eigenvalue weighted by molar-refractivity contribution is 0.573. The van der Waals surface area contributed by atoms with Gasteiger partial charge in [-0.25, -0.2) is 18.7 Å². The molecule has 0 fully saturated rings. The maximum atomic E-state index is 13.5. The van der Waals surface area contributed by atoms with E-state index < -0.39 is 11.6 Å². The first-order chi connectivity index (χ1) is 8.47. The van der Waals surface area contributed by atoms with Gasteiger partial charge in [0.1, 0.15) is 23.3 Å². The van der Waals surface area contributed by atoms with E-state index in [9.17, 15) is 8.78 Å². The van der Waals surface area contributed by atoms with Crippen molar-refractivity contribution < 1.29 is 8.78 Å². The average molecular weight is 249 g/mol. The van der Waals surface area contributed by atoms with Crippen LogP contribution in [0.3, 0.4) is 0 Å². The Morgan fingerprint density at radius 1 is 1.17 bits per heavy atom. The minimum Gasteiger partial charge on any atom is -0.383 e. The molecule has 18 heavy (non-hydrogen) atoms. The van der Waals surface area contributed by atoms with Crippen molar-refractivity contribution >= 4 is 5.82 Å². The Kier molecular flexibility index (Phi) is 3.23. The first-order valence-corrected chi connectivity index (χ1v) is 5.51. The number of hydrogen-bond donors (Lipinski definition) is 1. The second kappa shape index (κ2) is 4.68. The fourth-order valence-corrected chi connectivity index (χ4v) is 1.63. The molecule has 94 valence electrons. The van der Waals surface area contributed by atoms with Crippen LogP contribution in [-0.2, 0) is 6.42 Å². The van der Waals surface area contributed by atoms with Gasteiger partial charge in [0.05, 0.1) is 0 Å². The molecule has 0 aliphatic heterocycles. The van der Waals surface area contributed by atoms with Crippen LogP contribution in [0.15, 0.2) is 18.2 Å². The van der Waals surface area contributed by atoms with Crippen molar-refractivity contribution in [1.29, 1.82) is 0 Å². The van der Waals surface area contributed by atoms with E-state index in [2.05, 4.69) is 9.97 Å². The molecule has 1 aromatic carbocycles. The van der Waals surface area contributed by atoms with Crippen LogP contribution < -0.4 is 5.73 Å². The molecule has 0 spiro atoms. The summed E-state index contributed by atoms with van der Waals surface area (Å²) in [7, 11) is 0. The number of aryl methyl sites for hydroxylation is 1. The smallest absolute Gasteiger partial charge is 0.135 e. The predicted octanol–water partition coefficient (Wildman–Crippen LogP) is 2.54. The Morgan fingerprint density at radius 3 is 2.50 bits per heavy atom. The molecule has 3 nitrogen and oxygen atoms in total. The Bertz CT molecular complexity index is 574. The largest absolute Gasteiger partial charge is 0.383 e. The molecule has 0 aliphatic rings. The summed E-state index contributed by atoms with van der Waals surface area (Å²) in [4.78, 5) is 8.34. The molecular formula is C13H13F2N3. The topological polar surface area (TPSA) is 51.8 Å². The highest BCUT2D eigenvalue weighted by molar-refractivity contribution is 5.41. The van der Waals surface area contributed by atoms with E-state index in [0.717, 1.165) is 17.3 Å². The Labute approximate surface area is 104 Å². The predicted molar refractivity (Wildman–Crippen MR) is 65.1 cm³/mol. The highest BCUT2D eigenvalue weighted by atomic mass is 19.1. The van der Waals surface area contributed by atoms with Gasteiger partial charge in [-0.05, 0) is 25.5 Å². The van der Waals surface area contributed by atoms with Crippen LogP contribution in [0.5, 0.6) is 0 Å². The van der Waals surface area contributed by atoms with Crippen molar-refractivity contribution in [2.75, 3.05) is 5.73 Å². The molecule has 0 radical (unpaired) electrons. The van der Waals surface area contributed by atoms with Crippen LogP contribution in [0.4, 0.5) is 14.6 Å². The van der Waals surface area contributed by atoms with Crippen LogP contribution in [-0.4, -0.2) is 9.97 Å². The third-order valence-electron chi connectivity index (χ3n) is 2.84. The third-order valence-corrected chi connectivity index (χ3v) is 2.84. The first kappa shape index (κ1) is 12.4. The zero-order valence-electron chi connectivity index (χ0n) is 10.2. The van der Waals surface area contributed by atoms with E-state index in [-0.39, 0.29) is 6.42 Å². The molecule has 0 saturated carbocycles. The Hall–Kier alpha value is -2.04. The van der Waals surface area contributed by atoms with Crippen molar-refractivity contribution in [2.24, 2.45) is 0 Å². The van der Waals surface area contributed by atoms with E-state index in [1.807, 2.05) is 13.8 Å². The SMILES string of the molecule is Cc1nc(Cc2ccc(F)cc2F)nc(N)c1C.